The largest absolute Gasteiger partial charge is 0.465 e. The summed E-state index contributed by atoms with van der Waals surface area (Å²) in [7, 11) is 0. The van der Waals surface area contributed by atoms with Crippen LogP contribution in [0, 0.1) is 17.8 Å². The second kappa shape index (κ2) is 5.85. The molecule has 2 fully saturated rings. The van der Waals surface area contributed by atoms with Crippen molar-refractivity contribution in [2.75, 3.05) is 18.1 Å². The van der Waals surface area contributed by atoms with Gasteiger partial charge in [0.25, 0.3) is 0 Å². The van der Waals surface area contributed by atoms with Crippen LogP contribution in [0.4, 0.5) is 5.69 Å². The molecule has 1 amide bonds. The van der Waals surface area contributed by atoms with Crippen LogP contribution in [-0.2, 0) is 19.1 Å². The Hall–Kier alpha value is -1.85. The number of hydrogen-bond donors (Lipinski definition) is 0. The van der Waals surface area contributed by atoms with Crippen LogP contribution in [-0.4, -0.2) is 36.7 Å². The Balaban J connectivity index is 1.61. The van der Waals surface area contributed by atoms with Crippen molar-refractivity contribution in [3.8, 4) is 0 Å². The maximum Gasteiger partial charge on any atom is 0.312 e. The first-order chi connectivity index (χ1) is 11.9. The summed E-state index contributed by atoms with van der Waals surface area (Å²) >= 11 is 5.94. The molecule has 2 saturated heterocycles. The van der Waals surface area contributed by atoms with Gasteiger partial charge in [0.2, 0.25) is 5.91 Å². The molecule has 4 atom stereocenters. The second-order valence-electron chi connectivity index (χ2n) is 7.32. The predicted molar refractivity (Wildman–Crippen MR) is 93.3 cm³/mol. The third kappa shape index (κ3) is 2.57. The molecular weight excluding hydrogens is 342 g/mol. The van der Waals surface area contributed by atoms with Gasteiger partial charge >= 0.3 is 5.97 Å². The number of esters is 1. The first kappa shape index (κ1) is 16.6. The number of nitrogens with zero attached hydrogens (tertiary/aromatic N) is 1. The number of anilines is 1. The summed E-state index contributed by atoms with van der Waals surface area (Å²) in [6.45, 7) is 4.71. The summed E-state index contributed by atoms with van der Waals surface area (Å²) in [5.74, 6) is -1.30. The Bertz CT molecular complexity index is 744. The van der Waals surface area contributed by atoms with Crippen LogP contribution in [0.25, 0.3) is 0 Å². The summed E-state index contributed by atoms with van der Waals surface area (Å²) in [4.78, 5) is 27.3. The molecule has 0 N–H and O–H groups in total. The molecule has 4 rings (SSSR count). The van der Waals surface area contributed by atoms with E-state index in [4.69, 9.17) is 21.1 Å². The smallest absolute Gasteiger partial charge is 0.312 e. The van der Waals surface area contributed by atoms with Gasteiger partial charge in [0, 0.05) is 10.7 Å². The SMILES string of the molecule is CC(C)COC(=O)[C@H]1[C@H]2C(=O)N(c3ccc(Cl)cc3)C[C@]23C=C[C@H]1O3. The lowest BCUT2D eigenvalue weighted by atomic mass is 9.77. The summed E-state index contributed by atoms with van der Waals surface area (Å²) < 4.78 is 11.5. The van der Waals surface area contributed by atoms with Crippen molar-refractivity contribution >= 4 is 29.2 Å². The van der Waals surface area contributed by atoms with Crippen molar-refractivity contribution < 1.29 is 19.1 Å². The molecule has 3 heterocycles. The van der Waals surface area contributed by atoms with Crippen molar-refractivity contribution in [2.45, 2.75) is 25.6 Å². The van der Waals surface area contributed by atoms with Crippen LogP contribution in [0.2, 0.25) is 5.02 Å². The summed E-state index contributed by atoms with van der Waals surface area (Å²) in [5.41, 5.74) is 0.0241. The van der Waals surface area contributed by atoms with E-state index in [1.807, 2.05) is 26.0 Å². The Kier molecular flexibility index (Phi) is 3.89. The second-order valence-corrected chi connectivity index (χ2v) is 7.76. The van der Waals surface area contributed by atoms with Crippen LogP contribution in [0.15, 0.2) is 36.4 Å². The first-order valence-corrected chi connectivity index (χ1v) is 8.90. The minimum absolute atomic E-state index is 0.0966. The molecular formula is C19H20ClNO4. The molecule has 3 aliphatic heterocycles. The van der Waals surface area contributed by atoms with E-state index in [2.05, 4.69) is 0 Å². The zero-order valence-electron chi connectivity index (χ0n) is 14.1. The van der Waals surface area contributed by atoms with Gasteiger partial charge < -0.3 is 14.4 Å². The van der Waals surface area contributed by atoms with Gasteiger partial charge in [-0.05, 0) is 30.2 Å². The highest BCUT2D eigenvalue weighted by Gasteiger charge is 2.67. The average molecular weight is 362 g/mol. The van der Waals surface area contributed by atoms with Crippen molar-refractivity contribution in [3.05, 3.63) is 41.4 Å². The van der Waals surface area contributed by atoms with E-state index in [-0.39, 0.29) is 23.9 Å². The molecule has 6 heteroatoms. The first-order valence-electron chi connectivity index (χ1n) is 8.52. The number of halogens is 1. The zero-order chi connectivity index (χ0) is 17.8. The monoisotopic (exact) mass is 361 g/mol. The Morgan fingerprint density at radius 2 is 2.12 bits per heavy atom. The lowest BCUT2D eigenvalue weighted by molar-refractivity contribution is -0.153. The third-order valence-electron chi connectivity index (χ3n) is 5.07. The Morgan fingerprint density at radius 1 is 1.40 bits per heavy atom. The molecule has 0 aromatic heterocycles. The number of rotatable bonds is 4. The lowest BCUT2D eigenvalue weighted by Gasteiger charge is -2.23. The minimum Gasteiger partial charge on any atom is -0.465 e. The number of carbonyl (C=O) groups excluding carboxylic acids is 2. The topological polar surface area (TPSA) is 55.8 Å². The quantitative estimate of drug-likeness (QED) is 0.611. The molecule has 2 bridgehead atoms. The van der Waals surface area contributed by atoms with E-state index < -0.39 is 17.4 Å². The Labute approximate surface area is 151 Å². The average Bonchev–Trinajstić information content (AvgIpc) is 3.22. The highest BCUT2D eigenvalue weighted by molar-refractivity contribution is 6.30. The maximum absolute atomic E-state index is 13.1. The van der Waals surface area contributed by atoms with Gasteiger partial charge in [0.1, 0.15) is 11.5 Å². The maximum atomic E-state index is 13.1. The van der Waals surface area contributed by atoms with Gasteiger partial charge in [-0.25, -0.2) is 0 Å². The minimum atomic E-state index is -0.733. The van der Waals surface area contributed by atoms with Gasteiger partial charge in [0.15, 0.2) is 0 Å². The summed E-state index contributed by atoms with van der Waals surface area (Å²) in [6.07, 6.45) is 3.44. The van der Waals surface area contributed by atoms with Crippen molar-refractivity contribution in [2.24, 2.45) is 17.8 Å². The molecule has 0 unspecified atom stereocenters. The van der Waals surface area contributed by atoms with Gasteiger partial charge in [-0.2, -0.15) is 0 Å². The van der Waals surface area contributed by atoms with Crippen molar-refractivity contribution in [1.29, 1.82) is 0 Å². The zero-order valence-corrected chi connectivity index (χ0v) is 14.9. The molecule has 1 spiro atoms. The van der Waals surface area contributed by atoms with E-state index in [1.54, 1.807) is 29.2 Å². The molecule has 3 aliphatic rings. The van der Waals surface area contributed by atoms with Crippen LogP contribution >= 0.6 is 11.6 Å². The highest BCUT2D eigenvalue weighted by Crippen LogP contribution is 2.52. The van der Waals surface area contributed by atoms with Gasteiger partial charge in [0.05, 0.1) is 25.2 Å². The molecule has 0 saturated carbocycles. The molecule has 0 aliphatic carbocycles. The van der Waals surface area contributed by atoms with Crippen LogP contribution in [0.5, 0.6) is 0 Å². The fraction of sp³-hybridized carbons (Fsp3) is 0.474. The normalized spacial score (nSPS) is 32.6. The Morgan fingerprint density at radius 3 is 2.80 bits per heavy atom. The summed E-state index contributed by atoms with van der Waals surface area (Å²) in [5, 5.41) is 0.612. The van der Waals surface area contributed by atoms with Crippen molar-refractivity contribution in [1.82, 2.24) is 0 Å². The van der Waals surface area contributed by atoms with Gasteiger partial charge in [-0.3, -0.25) is 9.59 Å². The van der Waals surface area contributed by atoms with Crippen molar-refractivity contribution in [3.63, 3.8) is 0 Å². The number of carbonyl (C=O) groups is 2. The highest BCUT2D eigenvalue weighted by atomic mass is 35.5. The molecule has 132 valence electrons. The number of amides is 1. The van der Waals surface area contributed by atoms with Gasteiger partial charge in [-0.1, -0.05) is 37.6 Å². The molecule has 5 nitrogen and oxygen atoms in total. The summed E-state index contributed by atoms with van der Waals surface area (Å²) in [6, 6.07) is 7.11. The van der Waals surface area contributed by atoms with E-state index in [0.29, 0.717) is 18.2 Å². The predicted octanol–water partition coefficient (Wildman–Crippen LogP) is 2.83. The van der Waals surface area contributed by atoms with E-state index in [9.17, 15) is 9.59 Å². The van der Waals surface area contributed by atoms with Crippen LogP contribution in [0.1, 0.15) is 13.8 Å². The van der Waals surface area contributed by atoms with E-state index >= 15 is 0 Å². The fourth-order valence-corrected chi connectivity index (χ4v) is 4.08. The number of fused-ring (bicyclic) bond motifs is 1. The molecule has 1 aromatic carbocycles. The number of benzene rings is 1. The van der Waals surface area contributed by atoms with Crippen LogP contribution < -0.4 is 4.90 Å². The molecule has 0 radical (unpaired) electrons. The third-order valence-corrected chi connectivity index (χ3v) is 5.32. The number of hydrogen-bond acceptors (Lipinski definition) is 4. The number of ether oxygens (including phenoxy) is 2. The molecule has 25 heavy (non-hydrogen) atoms. The van der Waals surface area contributed by atoms with E-state index in [1.165, 1.54) is 0 Å². The molecule has 1 aromatic rings. The lowest BCUT2D eigenvalue weighted by Crippen LogP contribution is -2.40. The fourth-order valence-electron chi connectivity index (χ4n) is 3.95. The van der Waals surface area contributed by atoms with Gasteiger partial charge in [-0.15, -0.1) is 0 Å². The van der Waals surface area contributed by atoms with E-state index in [0.717, 1.165) is 5.69 Å². The standard InChI is InChI=1S/C19H20ClNO4/c1-11(2)9-24-18(23)15-14-7-8-19(25-14)10-21(17(22)16(15)19)13-5-3-12(20)4-6-13/h3-8,11,14-16H,9-10H2,1-2H3/t14-,15-,16+,19-/m1/s1. The van der Waals surface area contributed by atoms with Crippen LogP contribution in [0.3, 0.4) is 0 Å².